The molecule has 0 fully saturated rings. The lowest BCUT2D eigenvalue weighted by Gasteiger charge is -2.13. The minimum absolute atomic E-state index is 0.0403. The maximum absolute atomic E-state index is 13.5. The second-order valence-corrected chi connectivity index (χ2v) is 5.52. The maximum Gasteiger partial charge on any atom is 0.258 e. The summed E-state index contributed by atoms with van der Waals surface area (Å²) in [5, 5.41) is 11.7. The summed E-state index contributed by atoms with van der Waals surface area (Å²) >= 11 is 3.14. The summed E-state index contributed by atoms with van der Waals surface area (Å²) in [6, 6.07) is 4.28. The molecule has 0 spiro atoms. The van der Waals surface area contributed by atoms with Crippen molar-refractivity contribution in [3.05, 3.63) is 40.6 Å². The van der Waals surface area contributed by atoms with Crippen molar-refractivity contribution in [2.24, 2.45) is 5.92 Å². The molecule has 108 valence electrons. The predicted molar refractivity (Wildman–Crippen MR) is 75.9 cm³/mol. The molecule has 0 unspecified atom stereocenters. The Morgan fingerprint density at radius 1 is 1.50 bits per heavy atom. The number of aliphatic hydroxyl groups is 1. The summed E-state index contributed by atoms with van der Waals surface area (Å²) in [6.07, 6.45) is 4.40. The molecule has 4 nitrogen and oxygen atoms in total. The molecule has 0 saturated heterocycles. The van der Waals surface area contributed by atoms with Gasteiger partial charge in [0.2, 0.25) is 0 Å². The fraction of sp³-hybridized carbons (Fsp3) is 0.357. The van der Waals surface area contributed by atoms with E-state index in [1.165, 1.54) is 12.1 Å². The quantitative estimate of drug-likeness (QED) is 0.804. The number of carbonyl (C=O) groups excluding carboxylic acids is 1. The van der Waals surface area contributed by atoms with Crippen LogP contribution in [0.1, 0.15) is 6.42 Å². The van der Waals surface area contributed by atoms with E-state index in [4.69, 9.17) is 9.84 Å². The second-order valence-electron chi connectivity index (χ2n) is 4.60. The molecule has 0 aliphatic heterocycles. The highest BCUT2D eigenvalue weighted by Gasteiger charge is 2.19. The topological polar surface area (TPSA) is 58.6 Å². The van der Waals surface area contributed by atoms with Crippen molar-refractivity contribution >= 4 is 21.8 Å². The van der Waals surface area contributed by atoms with Crippen LogP contribution in [0.4, 0.5) is 4.39 Å². The molecule has 2 atom stereocenters. The Hall–Kier alpha value is -1.40. The van der Waals surface area contributed by atoms with Crippen molar-refractivity contribution in [1.29, 1.82) is 0 Å². The van der Waals surface area contributed by atoms with E-state index in [0.717, 1.165) is 0 Å². The number of benzene rings is 1. The molecule has 2 N–H and O–H groups in total. The van der Waals surface area contributed by atoms with Gasteiger partial charge in [-0.1, -0.05) is 28.1 Å². The molecule has 0 radical (unpaired) electrons. The summed E-state index contributed by atoms with van der Waals surface area (Å²) < 4.78 is 19.2. The summed E-state index contributed by atoms with van der Waals surface area (Å²) in [5.41, 5.74) is 0. The highest BCUT2D eigenvalue weighted by Crippen LogP contribution is 2.21. The van der Waals surface area contributed by atoms with Crippen molar-refractivity contribution in [2.45, 2.75) is 12.5 Å². The number of carbonyl (C=O) groups is 1. The van der Waals surface area contributed by atoms with Crippen LogP contribution in [0.25, 0.3) is 0 Å². The van der Waals surface area contributed by atoms with Crippen LogP contribution in [0.15, 0.2) is 34.8 Å². The Bertz CT molecular complexity index is 521. The molecule has 1 amide bonds. The summed E-state index contributed by atoms with van der Waals surface area (Å²) in [6.45, 7) is -0.170. The van der Waals surface area contributed by atoms with Crippen molar-refractivity contribution < 1.29 is 19.0 Å². The molecule has 0 aromatic heterocycles. The summed E-state index contributed by atoms with van der Waals surface area (Å²) in [7, 11) is 0. The first-order valence-electron chi connectivity index (χ1n) is 6.25. The first-order chi connectivity index (χ1) is 9.58. The third-order valence-corrected chi connectivity index (χ3v) is 3.50. The third kappa shape index (κ3) is 4.05. The number of ether oxygens (including phenoxy) is 1. The van der Waals surface area contributed by atoms with Crippen molar-refractivity contribution in [2.75, 3.05) is 13.2 Å². The number of hydrogen-bond donors (Lipinski definition) is 2. The van der Waals surface area contributed by atoms with Crippen LogP contribution in [0.5, 0.6) is 5.75 Å². The minimum Gasteiger partial charge on any atom is -0.481 e. The Morgan fingerprint density at radius 2 is 2.30 bits per heavy atom. The molecule has 1 aliphatic rings. The van der Waals surface area contributed by atoms with Gasteiger partial charge in [0, 0.05) is 23.0 Å². The number of aliphatic hydroxyl groups excluding tert-OH is 1. The van der Waals surface area contributed by atoms with Crippen LogP contribution in [-0.2, 0) is 4.79 Å². The fourth-order valence-electron chi connectivity index (χ4n) is 2.00. The molecule has 1 aromatic rings. The standard InChI is InChI=1S/C14H15BrFNO3/c15-10-2-4-13(12(16)6-10)20-8-14(19)17-11-3-1-9(5-11)7-18/h1-4,6,9,11,18H,5,7-8H2,(H,17,19)/t9-,11+/m0/s1. The van der Waals surface area contributed by atoms with E-state index in [2.05, 4.69) is 21.2 Å². The number of rotatable bonds is 5. The maximum atomic E-state index is 13.5. The van der Waals surface area contributed by atoms with Gasteiger partial charge in [-0.15, -0.1) is 0 Å². The van der Waals surface area contributed by atoms with E-state index in [1.807, 2.05) is 12.2 Å². The largest absolute Gasteiger partial charge is 0.481 e. The van der Waals surface area contributed by atoms with E-state index < -0.39 is 5.82 Å². The zero-order chi connectivity index (χ0) is 14.5. The van der Waals surface area contributed by atoms with Crippen molar-refractivity contribution in [3.8, 4) is 5.75 Å². The molecule has 1 aliphatic carbocycles. The smallest absolute Gasteiger partial charge is 0.258 e. The predicted octanol–water partition coefficient (Wildman–Crippen LogP) is 2.02. The lowest BCUT2D eigenvalue weighted by atomic mass is 10.1. The number of nitrogens with one attached hydrogen (secondary N) is 1. The van der Waals surface area contributed by atoms with Crippen LogP contribution in [0, 0.1) is 11.7 Å². The van der Waals surface area contributed by atoms with Crippen molar-refractivity contribution in [3.63, 3.8) is 0 Å². The van der Waals surface area contributed by atoms with Crippen molar-refractivity contribution in [1.82, 2.24) is 5.32 Å². The van der Waals surface area contributed by atoms with Gasteiger partial charge in [-0.05, 0) is 24.6 Å². The molecule has 2 rings (SSSR count). The second kappa shape index (κ2) is 6.85. The molecule has 6 heteroatoms. The molecule has 0 saturated carbocycles. The van der Waals surface area contributed by atoms with E-state index in [1.54, 1.807) is 6.07 Å². The highest BCUT2D eigenvalue weighted by atomic mass is 79.9. The van der Waals surface area contributed by atoms with Gasteiger partial charge in [-0.2, -0.15) is 0 Å². The normalized spacial score (nSPS) is 20.9. The molecule has 20 heavy (non-hydrogen) atoms. The van der Waals surface area contributed by atoms with E-state index in [-0.39, 0.29) is 36.8 Å². The first kappa shape index (κ1) is 15.0. The van der Waals surface area contributed by atoms with Gasteiger partial charge < -0.3 is 15.2 Å². The van der Waals surface area contributed by atoms with Crippen LogP contribution >= 0.6 is 15.9 Å². The Kier molecular flexibility index (Phi) is 5.14. The first-order valence-corrected chi connectivity index (χ1v) is 7.04. The lowest BCUT2D eigenvalue weighted by Crippen LogP contribution is -2.36. The van der Waals surface area contributed by atoms with Crippen LogP contribution in [0.3, 0.4) is 0 Å². The van der Waals surface area contributed by atoms with E-state index in [9.17, 15) is 9.18 Å². The van der Waals surface area contributed by atoms with Gasteiger partial charge in [0.1, 0.15) is 0 Å². The average molecular weight is 344 g/mol. The Labute approximate surface area is 124 Å². The molecule has 0 heterocycles. The summed E-state index contributed by atoms with van der Waals surface area (Å²) in [5.74, 6) is -0.711. The lowest BCUT2D eigenvalue weighted by molar-refractivity contribution is -0.123. The third-order valence-electron chi connectivity index (χ3n) is 3.01. The monoisotopic (exact) mass is 343 g/mol. The van der Waals surface area contributed by atoms with Crippen LogP contribution in [-0.4, -0.2) is 30.3 Å². The number of halogens is 2. The molecule has 1 aromatic carbocycles. The van der Waals surface area contributed by atoms with Gasteiger partial charge in [0.05, 0.1) is 0 Å². The van der Waals surface area contributed by atoms with Crippen LogP contribution in [0.2, 0.25) is 0 Å². The molecular weight excluding hydrogens is 329 g/mol. The van der Waals surface area contributed by atoms with Crippen LogP contribution < -0.4 is 10.1 Å². The minimum atomic E-state index is -0.520. The van der Waals surface area contributed by atoms with Gasteiger partial charge >= 0.3 is 0 Å². The molecular formula is C14H15BrFNO3. The number of amides is 1. The molecule has 0 bridgehead atoms. The number of hydrogen-bond acceptors (Lipinski definition) is 3. The summed E-state index contributed by atoms with van der Waals surface area (Å²) in [4.78, 5) is 11.7. The van der Waals surface area contributed by atoms with Gasteiger partial charge in [0.25, 0.3) is 5.91 Å². The zero-order valence-corrected chi connectivity index (χ0v) is 12.3. The van der Waals surface area contributed by atoms with Gasteiger partial charge in [-0.3, -0.25) is 4.79 Å². The van der Waals surface area contributed by atoms with E-state index in [0.29, 0.717) is 10.9 Å². The average Bonchev–Trinajstić information content (AvgIpc) is 2.85. The highest BCUT2D eigenvalue weighted by molar-refractivity contribution is 9.10. The van der Waals surface area contributed by atoms with Gasteiger partial charge in [0.15, 0.2) is 18.2 Å². The Balaban J connectivity index is 1.79. The zero-order valence-electron chi connectivity index (χ0n) is 10.7. The van der Waals surface area contributed by atoms with E-state index >= 15 is 0 Å². The fourth-order valence-corrected chi connectivity index (χ4v) is 2.33. The van der Waals surface area contributed by atoms with Gasteiger partial charge in [-0.25, -0.2) is 4.39 Å². The SMILES string of the molecule is O=C(COc1ccc(Br)cc1F)N[C@@H]1C=C[C@H](CO)C1. The Morgan fingerprint density at radius 3 is 2.95 bits per heavy atom.